The Bertz CT molecular complexity index is 307. The lowest BCUT2D eigenvalue weighted by Gasteiger charge is -2.04. The Morgan fingerprint density at radius 1 is 1.53 bits per heavy atom. The van der Waals surface area contributed by atoms with Crippen LogP contribution in [0.3, 0.4) is 0 Å². The van der Waals surface area contributed by atoms with Crippen molar-refractivity contribution in [3.8, 4) is 0 Å². The number of Topliss-reactive ketones (excluding diaryl/α,β-unsaturated/α-hetero) is 1. The number of hydrogen-bond acceptors (Lipinski definition) is 3. The molecule has 1 heterocycles. The second-order valence-corrected chi connectivity index (χ2v) is 3.61. The van der Waals surface area contributed by atoms with E-state index in [1.165, 1.54) is 0 Å². The molecule has 0 spiro atoms. The van der Waals surface area contributed by atoms with Crippen LogP contribution >= 0.6 is 0 Å². The molecule has 0 saturated heterocycles. The molecule has 15 heavy (non-hydrogen) atoms. The van der Waals surface area contributed by atoms with Crippen LogP contribution in [-0.2, 0) is 6.54 Å². The van der Waals surface area contributed by atoms with Gasteiger partial charge in [0.2, 0.25) is 0 Å². The summed E-state index contributed by atoms with van der Waals surface area (Å²) in [5.74, 6) is 0.718. The molecule has 0 aromatic carbocycles. The van der Waals surface area contributed by atoms with Crippen molar-refractivity contribution in [3.63, 3.8) is 0 Å². The van der Waals surface area contributed by atoms with Gasteiger partial charge in [-0.3, -0.25) is 4.79 Å². The summed E-state index contributed by atoms with van der Waals surface area (Å²) in [6, 6.07) is 0. The number of rotatable bonds is 7. The van der Waals surface area contributed by atoms with E-state index in [1.807, 2.05) is 10.8 Å². The molecule has 0 aliphatic heterocycles. The van der Waals surface area contributed by atoms with E-state index in [0.717, 1.165) is 25.8 Å². The second kappa shape index (κ2) is 6.35. The summed E-state index contributed by atoms with van der Waals surface area (Å²) in [5.41, 5.74) is 5.38. The Morgan fingerprint density at radius 3 is 3.00 bits per heavy atom. The Labute approximate surface area is 90.5 Å². The largest absolute Gasteiger partial charge is 0.330 e. The van der Waals surface area contributed by atoms with Crippen LogP contribution in [0.15, 0.2) is 12.4 Å². The first-order valence-corrected chi connectivity index (χ1v) is 5.54. The number of unbranched alkanes of at least 4 members (excludes halogenated alkanes) is 1. The zero-order valence-corrected chi connectivity index (χ0v) is 9.28. The fourth-order valence-corrected chi connectivity index (χ4v) is 1.52. The van der Waals surface area contributed by atoms with Crippen molar-refractivity contribution in [2.45, 2.75) is 39.2 Å². The van der Waals surface area contributed by atoms with Gasteiger partial charge in [0.05, 0.1) is 0 Å². The number of carbonyl (C=O) groups is 1. The summed E-state index contributed by atoms with van der Waals surface area (Å²) < 4.78 is 1.92. The Kier molecular flexibility index (Phi) is 5.04. The predicted octanol–water partition coefficient (Wildman–Crippen LogP) is 1.60. The van der Waals surface area contributed by atoms with E-state index in [0.29, 0.717) is 18.8 Å². The highest BCUT2D eigenvalue weighted by Gasteiger charge is 2.11. The molecule has 0 radical (unpaired) electrons. The molecule has 1 aromatic heterocycles. The van der Waals surface area contributed by atoms with E-state index < -0.39 is 0 Å². The van der Waals surface area contributed by atoms with Crippen LogP contribution < -0.4 is 5.73 Å². The van der Waals surface area contributed by atoms with Gasteiger partial charge < -0.3 is 10.3 Å². The van der Waals surface area contributed by atoms with Gasteiger partial charge in [-0.1, -0.05) is 6.92 Å². The van der Waals surface area contributed by atoms with Crippen molar-refractivity contribution < 1.29 is 4.79 Å². The maximum atomic E-state index is 11.8. The number of aromatic nitrogens is 2. The number of nitrogens with two attached hydrogens (primary N) is 1. The minimum absolute atomic E-state index is 0.127. The minimum atomic E-state index is 0.127. The highest BCUT2D eigenvalue weighted by molar-refractivity contribution is 5.92. The topological polar surface area (TPSA) is 60.9 Å². The van der Waals surface area contributed by atoms with Crippen LogP contribution in [0.2, 0.25) is 0 Å². The molecule has 0 fully saturated rings. The quantitative estimate of drug-likeness (QED) is 0.548. The average Bonchev–Trinajstić information content (AvgIpc) is 2.67. The van der Waals surface area contributed by atoms with E-state index >= 15 is 0 Å². The highest BCUT2D eigenvalue weighted by Crippen LogP contribution is 2.06. The maximum Gasteiger partial charge on any atom is 0.198 e. The highest BCUT2D eigenvalue weighted by atomic mass is 16.1. The number of carbonyl (C=O) groups excluding carboxylic acids is 1. The van der Waals surface area contributed by atoms with Gasteiger partial charge in [0.25, 0.3) is 0 Å². The van der Waals surface area contributed by atoms with E-state index in [1.54, 1.807) is 6.20 Å². The molecule has 84 valence electrons. The van der Waals surface area contributed by atoms with Gasteiger partial charge in [-0.2, -0.15) is 0 Å². The fraction of sp³-hybridized carbons (Fsp3) is 0.636. The molecule has 0 aliphatic rings. The van der Waals surface area contributed by atoms with Crippen molar-refractivity contribution in [1.29, 1.82) is 0 Å². The lowest BCUT2D eigenvalue weighted by atomic mass is 10.1. The van der Waals surface area contributed by atoms with Crippen LogP contribution in [0.25, 0.3) is 0 Å². The number of ketones is 1. The predicted molar refractivity (Wildman–Crippen MR) is 59.8 cm³/mol. The lowest BCUT2D eigenvalue weighted by molar-refractivity contribution is 0.0965. The maximum absolute atomic E-state index is 11.8. The van der Waals surface area contributed by atoms with E-state index in [2.05, 4.69) is 11.9 Å². The van der Waals surface area contributed by atoms with Crippen LogP contribution in [-0.4, -0.2) is 21.9 Å². The van der Waals surface area contributed by atoms with E-state index in [4.69, 9.17) is 5.73 Å². The summed E-state index contributed by atoms with van der Waals surface area (Å²) in [4.78, 5) is 15.8. The third kappa shape index (κ3) is 3.47. The average molecular weight is 209 g/mol. The summed E-state index contributed by atoms with van der Waals surface area (Å²) in [7, 11) is 0. The molecule has 0 atom stereocenters. The molecular formula is C11H19N3O. The van der Waals surface area contributed by atoms with Gasteiger partial charge in [0.1, 0.15) is 0 Å². The van der Waals surface area contributed by atoms with Crippen LogP contribution in [0.4, 0.5) is 0 Å². The summed E-state index contributed by atoms with van der Waals surface area (Å²) in [5, 5.41) is 0. The number of nitrogens with zero attached hydrogens (tertiary/aromatic N) is 2. The molecule has 1 aromatic rings. The van der Waals surface area contributed by atoms with Gasteiger partial charge in [0, 0.05) is 25.4 Å². The standard InChI is InChI=1S/C11H19N3O/c1-2-8-14-9-7-13-11(14)10(15)5-3-4-6-12/h7,9H,2-6,8,12H2,1H3. The summed E-state index contributed by atoms with van der Waals surface area (Å²) in [6.07, 6.45) is 6.87. The molecule has 0 amide bonds. The van der Waals surface area contributed by atoms with Gasteiger partial charge >= 0.3 is 0 Å². The molecule has 4 heteroatoms. The molecule has 0 bridgehead atoms. The Morgan fingerprint density at radius 2 is 2.33 bits per heavy atom. The third-order valence-electron chi connectivity index (χ3n) is 2.29. The van der Waals surface area contributed by atoms with Gasteiger partial charge in [-0.25, -0.2) is 4.98 Å². The van der Waals surface area contributed by atoms with Gasteiger partial charge in [0.15, 0.2) is 11.6 Å². The molecule has 0 unspecified atom stereocenters. The molecule has 0 saturated carbocycles. The van der Waals surface area contributed by atoms with Crippen molar-refractivity contribution in [1.82, 2.24) is 9.55 Å². The Hall–Kier alpha value is -1.16. The van der Waals surface area contributed by atoms with Crippen LogP contribution in [0.1, 0.15) is 43.2 Å². The normalized spacial score (nSPS) is 10.5. The first kappa shape index (κ1) is 11.9. The first-order valence-electron chi connectivity index (χ1n) is 5.54. The number of imidazole rings is 1. The fourth-order valence-electron chi connectivity index (χ4n) is 1.52. The van der Waals surface area contributed by atoms with Crippen molar-refractivity contribution in [3.05, 3.63) is 18.2 Å². The minimum Gasteiger partial charge on any atom is -0.330 e. The molecule has 2 N–H and O–H groups in total. The van der Waals surface area contributed by atoms with Crippen molar-refractivity contribution >= 4 is 5.78 Å². The molecule has 4 nitrogen and oxygen atoms in total. The van der Waals surface area contributed by atoms with Gasteiger partial charge in [-0.15, -0.1) is 0 Å². The third-order valence-corrected chi connectivity index (χ3v) is 2.29. The molecular weight excluding hydrogens is 190 g/mol. The van der Waals surface area contributed by atoms with Crippen LogP contribution in [0, 0.1) is 0 Å². The van der Waals surface area contributed by atoms with E-state index in [9.17, 15) is 4.79 Å². The monoisotopic (exact) mass is 209 g/mol. The number of hydrogen-bond donors (Lipinski definition) is 1. The summed E-state index contributed by atoms with van der Waals surface area (Å²) in [6.45, 7) is 3.59. The molecule has 0 aliphatic carbocycles. The zero-order chi connectivity index (χ0) is 11.1. The van der Waals surface area contributed by atoms with E-state index in [-0.39, 0.29) is 5.78 Å². The first-order chi connectivity index (χ1) is 7.29. The lowest BCUT2D eigenvalue weighted by Crippen LogP contribution is -2.10. The summed E-state index contributed by atoms with van der Waals surface area (Å²) >= 11 is 0. The second-order valence-electron chi connectivity index (χ2n) is 3.61. The molecule has 1 rings (SSSR count). The smallest absolute Gasteiger partial charge is 0.198 e. The van der Waals surface area contributed by atoms with Gasteiger partial charge in [-0.05, 0) is 25.8 Å². The number of aryl methyl sites for hydroxylation is 1. The zero-order valence-electron chi connectivity index (χ0n) is 9.28. The van der Waals surface area contributed by atoms with Crippen LogP contribution in [0.5, 0.6) is 0 Å². The van der Waals surface area contributed by atoms with Crippen molar-refractivity contribution in [2.24, 2.45) is 5.73 Å². The van der Waals surface area contributed by atoms with Crippen molar-refractivity contribution in [2.75, 3.05) is 6.54 Å². The SMILES string of the molecule is CCCn1ccnc1C(=O)CCCCN. The Balaban J connectivity index is 2.53.